The molecule has 3 heterocycles. The quantitative estimate of drug-likeness (QED) is 0.623. The van der Waals surface area contributed by atoms with Gasteiger partial charge in [0, 0.05) is 42.7 Å². The Kier molecular flexibility index (Phi) is 5.62. The van der Waals surface area contributed by atoms with E-state index in [0.717, 1.165) is 10.9 Å². The molecule has 150 valence electrons. The third-order valence-corrected chi connectivity index (χ3v) is 5.61. The zero-order valence-corrected chi connectivity index (χ0v) is 17.3. The number of hydrogen-bond donors (Lipinski definition) is 0. The van der Waals surface area contributed by atoms with Crippen LogP contribution in [0.3, 0.4) is 0 Å². The number of likely N-dealkylation sites (tertiary alicyclic amines) is 1. The van der Waals surface area contributed by atoms with Gasteiger partial charge in [0.1, 0.15) is 6.10 Å². The monoisotopic (exact) mass is 457 g/mol. The maximum Gasteiger partial charge on any atom is 0.261 e. The van der Waals surface area contributed by atoms with Crippen LogP contribution < -0.4 is 4.74 Å². The average molecular weight is 458 g/mol. The molecule has 1 fully saturated rings. The highest BCUT2D eigenvalue weighted by Gasteiger charge is 2.35. The Bertz CT molecular complexity index is 912. The molecule has 2 aliphatic rings. The van der Waals surface area contributed by atoms with Gasteiger partial charge in [-0.05, 0) is 40.5 Å². The number of carbonyl (C=O) groups is 3. The molecular formula is C21H20BrN3O4. The molecule has 1 unspecified atom stereocenters. The summed E-state index contributed by atoms with van der Waals surface area (Å²) in [6.45, 7) is 1.39. The fourth-order valence-electron chi connectivity index (χ4n) is 3.64. The lowest BCUT2D eigenvalue weighted by molar-refractivity contribution is -0.130. The Hall–Kier alpha value is -2.74. The standard InChI is InChI=1S/C21H20BrN3O4/c22-14-7-8-18(23-12-14)29-15-9-11-24(13-15)19(26)6-3-10-25-20(27)16-4-1-2-5-17(16)21(25)28/h1-2,4-5,7-8,12,15H,3,6,9-11,13H2. The zero-order valence-electron chi connectivity index (χ0n) is 15.7. The summed E-state index contributed by atoms with van der Waals surface area (Å²) < 4.78 is 6.72. The second-order valence-electron chi connectivity index (χ2n) is 7.09. The van der Waals surface area contributed by atoms with E-state index < -0.39 is 0 Å². The fraction of sp³-hybridized carbons (Fsp3) is 0.333. The van der Waals surface area contributed by atoms with Gasteiger partial charge < -0.3 is 9.64 Å². The van der Waals surface area contributed by atoms with Crippen molar-refractivity contribution in [2.75, 3.05) is 19.6 Å². The first-order valence-corrected chi connectivity index (χ1v) is 10.3. The van der Waals surface area contributed by atoms with E-state index in [9.17, 15) is 14.4 Å². The lowest BCUT2D eigenvalue weighted by atomic mass is 10.1. The molecular weight excluding hydrogens is 438 g/mol. The summed E-state index contributed by atoms with van der Waals surface area (Å²) in [7, 11) is 0. The van der Waals surface area contributed by atoms with Gasteiger partial charge in [0.05, 0.1) is 17.7 Å². The van der Waals surface area contributed by atoms with Crippen LogP contribution in [-0.4, -0.2) is 58.2 Å². The van der Waals surface area contributed by atoms with Crippen LogP contribution in [0.15, 0.2) is 47.1 Å². The van der Waals surface area contributed by atoms with Crippen LogP contribution in [0, 0.1) is 0 Å². The number of ether oxygens (including phenoxy) is 1. The molecule has 4 rings (SSSR count). The van der Waals surface area contributed by atoms with Crippen LogP contribution in [0.4, 0.5) is 0 Å². The fourth-order valence-corrected chi connectivity index (χ4v) is 3.88. The number of hydrogen-bond acceptors (Lipinski definition) is 5. The van der Waals surface area contributed by atoms with E-state index >= 15 is 0 Å². The molecule has 0 saturated carbocycles. The van der Waals surface area contributed by atoms with Crippen LogP contribution >= 0.6 is 15.9 Å². The van der Waals surface area contributed by atoms with Gasteiger partial charge in [-0.3, -0.25) is 19.3 Å². The number of rotatable bonds is 6. The molecule has 3 amide bonds. The predicted molar refractivity (Wildman–Crippen MR) is 109 cm³/mol. The van der Waals surface area contributed by atoms with Gasteiger partial charge >= 0.3 is 0 Å². The van der Waals surface area contributed by atoms with Crippen molar-refractivity contribution >= 4 is 33.7 Å². The molecule has 2 aromatic rings. The number of carbonyl (C=O) groups excluding carboxylic acids is 3. The van der Waals surface area contributed by atoms with E-state index in [0.29, 0.717) is 36.5 Å². The van der Waals surface area contributed by atoms with E-state index in [4.69, 9.17) is 4.74 Å². The minimum absolute atomic E-state index is 0.0106. The number of nitrogens with zero attached hydrogens (tertiary/aromatic N) is 3. The summed E-state index contributed by atoms with van der Waals surface area (Å²) in [4.78, 5) is 44.4. The highest BCUT2D eigenvalue weighted by atomic mass is 79.9. The number of amides is 3. The maximum absolute atomic E-state index is 12.5. The number of halogens is 1. The van der Waals surface area contributed by atoms with Crippen molar-refractivity contribution in [1.82, 2.24) is 14.8 Å². The Morgan fingerprint density at radius 1 is 1.14 bits per heavy atom. The minimum atomic E-state index is -0.283. The second kappa shape index (κ2) is 8.32. The predicted octanol–water partition coefficient (Wildman–Crippen LogP) is 2.90. The summed E-state index contributed by atoms with van der Waals surface area (Å²) >= 11 is 3.33. The summed E-state index contributed by atoms with van der Waals surface area (Å²) in [5, 5.41) is 0. The lowest BCUT2D eigenvalue weighted by Gasteiger charge is -2.18. The van der Waals surface area contributed by atoms with E-state index in [2.05, 4.69) is 20.9 Å². The van der Waals surface area contributed by atoms with Crippen molar-refractivity contribution in [3.05, 3.63) is 58.2 Å². The van der Waals surface area contributed by atoms with Gasteiger partial charge in [-0.15, -0.1) is 0 Å². The topological polar surface area (TPSA) is 79.8 Å². The van der Waals surface area contributed by atoms with Crippen LogP contribution in [0.5, 0.6) is 5.88 Å². The summed E-state index contributed by atoms with van der Waals surface area (Å²) in [5.41, 5.74) is 0.870. The largest absolute Gasteiger partial charge is 0.472 e. The molecule has 2 aliphatic heterocycles. The Labute approximate surface area is 176 Å². The molecule has 1 saturated heterocycles. The third-order valence-electron chi connectivity index (χ3n) is 5.14. The smallest absolute Gasteiger partial charge is 0.261 e. The van der Waals surface area contributed by atoms with Crippen molar-refractivity contribution in [3.8, 4) is 5.88 Å². The first-order chi connectivity index (χ1) is 14.0. The van der Waals surface area contributed by atoms with E-state index in [1.165, 1.54) is 4.90 Å². The summed E-state index contributed by atoms with van der Waals surface area (Å²) in [5.74, 6) is -0.0148. The van der Waals surface area contributed by atoms with Crippen LogP contribution in [-0.2, 0) is 4.79 Å². The molecule has 8 heteroatoms. The Morgan fingerprint density at radius 2 is 1.86 bits per heavy atom. The third kappa shape index (κ3) is 4.17. The normalized spacial score (nSPS) is 18.3. The first-order valence-electron chi connectivity index (χ1n) is 9.54. The number of imide groups is 1. The van der Waals surface area contributed by atoms with Crippen molar-refractivity contribution in [2.24, 2.45) is 0 Å². The highest BCUT2D eigenvalue weighted by Crippen LogP contribution is 2.23. The van der Waals surface area contributed by atoms with Crippen molar-refractivity contribution in [2.45, 2.75) is 25.4 Å². The highest BCUT2D eigenvalue weighted by molar-refractivity contribution is 9.10. The molecule has 0 bridgehead atoms. The van der Waals surface area contributed by atoms with Gasteiger partial charge in [0.2, 0.25) is 11.8 Å². The Balaban J connectivity index is 1.24. The number of fused-ring (bicyclic) bond motifs is 1. The summed E-state index contributed by atoms with van der Waals surface area (Å²) in [6, 6.07) is 10.5. The van der Waals surface area contributed by atoms with Gasteiger partial charge in [-0.2, -0.15) is 0 Å². The zero-order chi connectivity index (χ0) is 20.4. The summed E-state index contributed by atoms with van der Waals surface area (Å²) in [6.07, 6.45) is 3.08. The SMILES string of the molecule is O=C(CCCN1C(=O)c2ccccc2C1=O)N1CCC(Oc2ccc(Br)cn2)C1. The molecule has 0 spiro atoms. The molecule has 7 nitrogen and oxygen atoms in total. The van der Waals surface area contributed by atoms with E-state index in [1.807, 2.05) is 6.07 Å². The molecule has 0 radical (unpaired) electrons. The number of pyridine rings is 1. The van der Waals surface area contributed by atoms with Gasteiger partial charge in [-0.1, -0.05) is 12.1 Å². The number of benzene rings is 1. The van der Waals surface area contributed by atoms with Gasteiger partial charge in [0.25, 0.3) is 11.8 Å². The van der Waals surface area contributed by atoms with Gasteiger partial charge in [0.15, 0.2) is 0 Å². The van der Waals surface area contributed by atoms with E-state index in [-0.39, 0.29) is 36.8 Å². The van der Waals surface area contributed by atoms with Crippen LogP contribution in [0.1, 0.15) is 40.0 Å². The van der Waals surface area contributed by atoms with Crippen molar-refractivity contribution in [3.63, 3.8) is 0 Å². The van der Waals surface area contributed by atoms with Crippen molar-refractivity contribution < 1.29 is 19.1 Å². The minimum Gasteiger partial charge on any atom is -0.472 e. The average Bonchev–Trinajstić information content (AvgIpc) is 3.29. The van der Waals surface area contributed by atoms with Crippen LogP contribution in [0.2, 0.25) is 0 Å². The maximum atomic E-state index is 12.5. The molecule has 0 N–H and O–H groups in total. The molecule has 1 aromatic heterocycles. The van der Waals surface area contributed by atoms with Crippen LogP contribution in [0.25, 0.3) is 0 Å². The molecule has 29 heavy (non-hydrogen) atoms. The lowest BCUT2D eigenvalue weighted by Crippen LogP contribution is -2.33. The molecule has 0 aliphatic carbocycles. The number of aromatic nitrogens is 1. The van der Waals surface area contributed by atoms with Crippen molar-refractivity contribution in [1.29, 1.82) is 0 Å². The van der Waals surface area contributed by atoms with E-state index in [1.54, 1.807) is 41.4 Å². The second-order valence-corrected chi connectivity index (χ2v) is 8.01. The van der Waals surface area contributed by atoms with Gasteiger partial charge in [-0.25, -0.2) is 4.98 Å². The molecule has 1 atom stereocenters. The molecule has 1 aromatic carbocycles. The first kappa shape index (κ1) is 19.6. The Morgan fingerprint density at radius 3 is 2.52 bits per heavy atom.